The van der Waals surface area contributed by atoms with Crippen molar-refractivity contribution < 1.29 is 8.42 Å². The molecule has 0 bridgehead atoms. The van der Waals surface area contributed by atoms with E-state index in [4.69, 9.17) is 0 Å². The van der Waals surface area contributed by atoms with E-state index in [0.717, 1.165) is 5.57 Å². The van der Waals surface area contributed by atoms with E-state index in [2.05, 4.69) is 9.98 Å². The number of aliphatic imine (C=N–C) groups is 2. The van der Waals surface area contributed by atoms with Gasteiger partial charge in [-0.3, -0.25) is 0 Å². The first-order valence-electron chi connectivity index (χ1n) is 5.28. The fraction of sp³-hybridized carbons (Fsp3) is 0.636. The minimum absolute atomic E-state index is 0.0490. The van der Waals surface area contributed by atoms with Gasteiger partial charge in [-0.1, -0.05) is 13.8 Å². The maximum Gasteiger partial charge on any atom is 0.159 e. The molecule has 0 aliphatic carbocycles. The van der Waals surface area contributed by atoms with Gasteiger partial charge in [-0.25, -0.2) is 18.4 Å². The molecule has 4 nitrogen and oxygen atoms in total. The Morgan fingerprint density at radius 2 is 2.00 bits per heavy atom. The summed E-state index contributed by atoms with van der Waals surface area (Å²) in [5, 5.41) is 0. The van der Waals surface area contributed by atoms with Crippen LogP contribution in [0.25, 0.3) is 0 Å². The first-order valence-corrected chi connectivity index (χ1v) is 7.11. The van der Waals surface area contributed by atoms with Crippen LogP contribution in [0.15, 0.2) is 21.3 Å². The molecule has 0 atom stereocenters. The first kappa shape index (κ1) is 13.1. The third kappa shape index (κ3) is 3.89. The number of sulfone groups is 1. The predicted molar refractivity (Wildman–Crippen MR) is 67.8 cm³/mol. The second-order valence-electron chi connectivity index (χ2n) is 4.44. The molecule has 0 fully saturated rings. The van der Waals surface area contributed by atoms with Crippen LogP contribution < -0.4 is 0 Å². The summed E-state index contributed by atoms with van der Waals surface area (Å²) in [4.78, 5) is 8.41. The van der Waals surface area contributed by atoms with E-state index in [0.29, 0.717) is 17.5 Å². The van der Waals surface area contributed by atoms with Crippen LogP contribution in [0.1, 0.15) is 27.7 Å². The number of rotatable bonds is 2. The van der Waals surface area contributed by atoms with Gasteiger partial charge >= 0.3 is 0 Å². The molecular formula is C11H18N2O2S. The highest BCUT2D eigenvalue weighted by molar-refractivity contribution is 7.92. The fourth-order valence-electron chi connectivity index (χ4n) is 1.40. The van der Waals surface area contributed by atoms with Gasteiger partial charge in [0, 0.05) is 6.21 Å². The van der Waals surface area contributed by atoms with Crippen molar-refractivity contribution in [2.45, 2.75) is 27.7 Å². The van der Waals surface area contributed by atoms with Gasteiger partial charge in [-0.2, -0.15) is 0 Å². The van der Waals surface area contributed by atoms with Crippen molar-refractivity contribution in [3.63, 3.8) is 0 Å². The minimum atomic E-state index is -2.95. The van der Waals surface area contributed by atoms with E-state index in [1.807, 2.05) is 20.8 Å². The maximum absolute atomic E-state index is 11.3. The van der Waals surface area contributed by atoms with Crippen molar-refractivity contribution in [1.29, 1.82) is 0 Å². The van der Waals surface area contributed by atoms with Crippen LogP contribution in [0.3, 0.4) is 0 Å². The zero-order valence-electron chi connectivity index (χ0n) is 10.2. The smallest absolute Gasteiger partial charge is 0.159 e. The normalized spacial score (nSPS) is 21.4. The van der Waals surface area contributed by atoms with E-state index in [1.165, 1.54) is 0 Å². The monoisotopic (exact) mass is 242 g/mol. The van der Waals surface area contributed by atoms with Crippen molar-refractivity contribution in [1.82, 2.24) is 0 Å². The van der Waals surface area contributed by atoms with Crippen LogP contribution >= 0.6 is 0 Å². The molecule has 1 rings (SSSR count). The van der Waals surface area contributed by atoms with Gasteiger partial charge in [-0.05, 0) is 25.3 Å². The Morgan fingerprint density at radius 1 is 1.38 bits per heavy atom. The third-order valence-corrected chi connectivity index (χ3v) is 3.73. The van der Waals surface area contributed by atoms with Gasteiger partial charge in [0.05, 0.1) is 17.2 Å². The van der Waals surface area contributed by atoms with Crippen LogP contribution in [0.2, 0.25) is 0 Å². The van der Waals surface area contributed by atoms with Gasteiger partial charge in [0.15, 0.2) is 9.84 Å². The van der Waals surface area contributed by atoms with E-state index >= 15 is 0 Å². The van der Waals surface area contributed by atoms with E-state index < -0.39 is 9.84 Å². The highest BCUT2D eigenvalue weighted by Crippen LogP contribution is 2.20. The molecule has 0 aromatic rings. The maximum atomic E-state index is 11.3. The van der Waals surface area contributed by atoms with E-state index in [9.17, 15) is 8.42 Å². The topological polar surface area (TPSA) is 58.9 Å². The van der Waals surface area contributed by atoms with Crippen molar-refractivity contribution in [2.24, 2.45) is 15.9 Å². The van der Waals surface area contributed by atoms with Crippen LogP contribution in [-0.4, -0.2) is 32.0 Å². The Morgan fingerprint density at radius 3 is 2.44 bits per heavy atom. The molecule has 0 amide bonds. The lowest BCUT2D eigenvalue weighted by Crippen LogP contribution is -2.03. The molecule has 90 valence electrons. The van der Waals surface area contributed by atoms with Crippen molar-refractivity contribution in [3.8, 4) is 0 Å². The molecule has 1 aliphatic rings. The Kier molecular flexibility index (Phi) is 4.02. The number of nitrogens with zero attached hydrogens (tertiary/aromatic N) is 2. The summed E-state index contributed by atoms with van der Waals surface area (Å²) >= 11 is 0. The second-order valence-corrected chi connectivity index (χ2v) is 6.50. The van der Waals surface area contributed by atoms with Crippen molar-refractivity contribution in [2.75, 3.05) is 11.5 Å². The Balaban J connectivity index is 2.82. The first-order chi connectivity index (χ1) is 7.30. The highest BCUT2D eigenvalue weighted by atomic mass is 32.2. The van der Waals surface area contributed by atoms with Gasteiger partial charge < -0.3 is 0 Å². The number of hydrogen-bond donors (Lipinski definition) is 0. The molecule has 0 aromatic heterocycles. The lowest BCUT2D eigenvalue weighted by molar-refractivity contribution is 0.602. The van der Waals surface area contributed by atoms with Crippen LogP contribution in [0.4, 0.5) is 0 Å². The molecule has 5 heteroatoms. The molecule has 0 saturated carbocycles. The molecule has 0 aromatic carbocycles. The average Bonchev–Trinajstić information content (AvgIpc) is 2.36. The van der Waals surface area contributed by atoms with Gasteiger partial charge in [0.1, 0.15) is 5.84 Å². The van der Waals surface area contributed by atoms with E-state index in [-0.39, 0.29) is 11.5 Å². The molecule has 0 unspecified atom stereocenters. The summed E-state index contributed by atoms with van der Waals surface area (Å²) in [5.41, 5.74) is 1.48. The standard InChI is InChI=1S/C11H18N2O2S/c1-8(2)5-12-10(4)13-11-7-16(14,15)6-9(11)3/h5,8H,6-7H2,1-4H3. The largest absolute Gasteiger partial charge is 0.246 e. The van der Waals surface area contributed by atoms with Gasteiger partial charge in [0.25, 0.3) is 0 Å². The van der Waals surface area contributed by atoms with Gasteiger partial charge in [-0.15, -0.1) is 0 Å². The summed E-state index contributed by atoms with van der Waals surface area (Å²) in [6.45, 7) is 7.65. The average molecular weight is 242 g/mol. The molecule has 16 heavy (non-hydrogen) atoms. The van der Waals surface area contributed by atoms with Crippen molar-refractivity contribution >= 4 is 21.9 Å². The molecule has 1 heterocycles. The van der Waals surface area contributed by atoms with Crippen LogP contribution in [0, 0.1) is 5.92 Å². The molecule has 0 radical (unpaired) electrons. The summed E-state index contributed by atoms with van der Waals surface area (Å²) in [5.74, 6) is 1.16. The summed E-state index contributed by atoms with van der Waals surface area (Å²) in [7, 11) is -2.95. The van der Waals surface area contributed by atoms with Gasteiger partial charge in [0.2, 0.25) is 0 Å². The minimum Gasteiger partial charge on any atom is -0.246 e. The SMILES string of the molecule is CC(N=CC(C)C)=NC1=C(C)CS(=O)(=O)C1. The summed E-state index contributed by atoms with van der Waals surface area (Å²) < 4.78 is 22.7. The third-order valence-electron chi connectivity index (χ3n) is 2.14. The van der Waals surface area contributed by atoms with E-state index in [1.54, 1.807) is 13.1 Å². The Labute approximate surface area is 97.1 Å². The van der Waals surface area contributed by atoms with Crippen LogP contribution in [-0.2, 0) is 9.84 Å². The molecule has 0 N–H and O–H groups in total. The lowest BCUT2D eigenvalue weighted by atomic mass is 10.2. The number of amidine groups is 1. The Bertz CT molecular complexity index is 456. The molecule has 0 saturated heterocycles. The van der Waals surface area contributed by atoms with Crippen LogP contribution in [0.5, 0.6) is 0 Å². The summed E-state index contributed by atoms with van der Waals surface area (Å²) in [6, 6.07) is 0. The summed E-state index contributed by atoms with van der Waals surface area (Å²) in [6.07, 6.45) is 1.80. The highest BCUT2D eigenvalue weighted by Gasteiger charge is 2.24. The zero-order valence-corrected chi connectivity index (χ0v) is 11.0. The quantitative estimate of drug-likeness (QED) is 0.548. The molecule has 1 aliphatic heterocycles. The zero-order chi connectivity index (χ0) is 12.3. The van der Waals surface area contributed by atoms with Crippen molar-refractivity contribution in [3.05, 3.63) is 11.3 Å². The Hall–Kier alpha value is -0.970. The number of hydrogen-bond acceptors (Lipinski definition) is 3. The predicted octanol–water partition coefficient (Wildman–Crippen LogP) is 1.83. The fourth-order valence-corrected chi connectivity index (χ4v) is 3.06. The molecule has 0 spiro atoms. The molecular weight excluding hydrogens is 224 g/mol. The second kappa shape index (κ2) is 4.91. The lowest BCUT2D eigenvalue weighted by Gasteiger charge is -1.97.